The second-order valence-corrected chi connectivity index (χ2v) is 10.2. The molecule has 2 aromatic rings. The maximum Gasteiger partial charge on any atom is 0.257 e. The van der Waals surface area contributed by atoms with Gasteiger partial charge >= 0.3 is 0 Å². The zero-order chi connectivity index (χ0) is 22.1. The van der Waals surface area contributed by atoms with Crippen molar-refractivity contribution in [1.82, 2.24) is 4.31 Å². The maximum atomic E-state index is 13.2. The van der Waals surface area contributed by atoms with Crippen LogP contribution in [0.5, 0.6) is 0 Å². The molecule has 0 saturated carbocycles. The van der Waals surface area contributed by atoms with Crippen molar-refractivity contribution in [2.45, 2.75) is 17.7 Å². The summed E-state index contributed by atoms with van der Waals surface area (Å²) in [5, 5.41) is 3.38. The third-order valence-electron chi connectivity index (χ3n) is 5.13. The Labute approximate surface area is 183 Å². The van der Waals surface area contributed by atoms with Gasteiger partial charge in [-0.25, -0.2) is 12.7 Å². The topological polar surface area (TPSA) is 73.0 Å². The van der Waals surface area contributed by atoms with E-state index in [0.29, 0.717) is 16.3 Å². The molecule has 0 unspecified atom stereocenters. The van der Waals surface area contributed by atoms with Crippen molar-refractivity contribution in [2.75, 3.05) is 56.4 Å². The van der Waals surface area contributed by atoms with E-state index in [1.54, 1.807) is 24.3 Å². The normalized spacial score (nSPS) is 14.3. The Morgan fingerprint density at radius 3 is 2.27 bits per heavy atom. The smallest absolute Gasteiger partial charge is 0.257 e. The molecule has 1 N–H and O–H groups in total. The number of anilines is 3. The summed E-state index contributed by atoms with van der Waals surface area (Å²) in [5.41, 5.74) is 2.45. The number of carbonyl (C=O) groups is 1. The number of sulfonamides is 1. The predicted octanol–water partition coefficient (Wildman–Crippen LogP) is 3.51. The summed E-state index contributed by atoms with van der Waals surface area (Å²) in [6.07, 6.45) is 2.08. The lowest BCUT2D eigenvalue weighted by Gasteiger charge is -2.22. The van der Waals surface area contributed by atoms with E-state index < -0.39 is 10.0 Å². The minimum Gasteiger partial charge on any atom is -0.376 e. The van der Waals surface area contributed by atoms with Crippen molar-refractivity contribution in [2.24, 2.45) is 0 Å². The summed E-state index contributed by atoms with van der Waals surface area (Å²) < 4.78 is 26.3. The van der Waals surface area contributed by atoms with Crippen LogP contribution in [0.25, 0.3) is 0 Å². The first-order valence-corrected chi connectivity index (χ1v) is 11.5. The number of halogens is 1. The minimum atomic E-state index is -3.66. The highest BCUT2D eigenvalue weighted by Crippen LogP contribution is 2.31. The summed E-state index contributed by atoms with van der Waals surface area (Å²) in [6, 6.07) is 10.0. The van der Waals surface area contributed by atoms with Gasteiger partial charge in [0.2, 0.25) is 10.0 Å². The fraction of sp³-hybridized carbons (Fsp3) is 0.381. The molecule has 1 saturated heterocycles. The molecule has 7 nitrogen and oxygen atoms in total. The fourth-order valence-corrected chi connectivity index (χ4v) is 4.73. The Morgan fingerprint density at radius 1 is 1.03 bits per heavy atom. The summed E-state index contributed by atoms with van der Waals surface area (Å²) in [6.45, 7) is 1.67. The van der Waals surface area contributed by atoms with Crippen LogP contribution in [0.3, 0.4) is 0 Å². The van der Waals surface area contributed by atoms with Gasteiger partial charge in [0.1, 0.15) is 0 Å². The van der Waals surface area contributed by atoms with E-state index >= 15 is 0 Å². The van der Waals surface area contributed by atoms with E-state index in [0.717, 1.165) is 41.6 Å². The highest BCUT2D eigenvalue weighted by molar-refractivity contribution is 7.89. The Kier molecular flexibility index (Phi) is 6.59. The predicted molar refractivity (Wildman–Crippen MR) is 122 cm³/mol. The second kappa shape index (κ2) is 8.83. The summed E-state index contributed by atoms with van der Waals surface area (Å²) in [5.74, 6) is -0.374. The third-order valence-corrected chi connectivity index (χ3v) is 7.24. The van der Waals surface area contributed by atoms with Crippen molar-refractivity contribution in [3.05, 3.63) is 47.0 Å². The van der Waals surface area contributed by atoms with Crippen molar-refractivity contribution >= 4 is 44.6 Å². The van der Waals surface area contributed by atoms with Crippen LogP contribution in [-0.2, 0) is 10.0 Å². The average Bonchev–Trinajstić information content (AvgIpc) is 3.21. The van der Waals surface area contributed by atoms with E-state index in [2.05, 4.69) is 10.2 Å². The zero-order valence-corrected chi connectivity index (χ0v) is 19.2. The molecule has 30 heavy (non-hydrogen) atoms. The first kappa shape index (κ1) is 22.4. The van der Waals surface area contributed by atoms with E-state index in [1.165, 1.54) is 20.2 Å². The molecular formula is C21H27ClN4O3S. The van der Waals surface area contributed by atoms with E-state index in [4.69, 9.17) is 11.6 Å². The average molecular weight is 451 g/mol. The van der Waals surface area contributed by atoms with E-state index in [1.807, 2.05) is 25.1 Å². The molecule has 1 heterocycles. The highest BCUT2D eigenvalue weighted by Gasteiger charge is 2.24. The fourth-order valence-electron chi connectivity index (χ4n) is 3.45. The van der Waals surface area contributed by atoms with Gasteiger partial charge in [0, 0.05) is 52.7 Å². The zero-order valence-electron chi connectivity index (χ0n) is 17.6. The van der Waals surface area contributed by atoms with Crippen molar-refractivity contribution in [1.29, 1.82) is 0 Å². The summed E-state index contributed by atoms with van der Waals surface area (Å²) in [4.78, 5) is 17.3. The molecule has 0 spiro atoms. The van der Waals surface area contributed by atoms with Crippen LogP contribution in [0, 0.1) is 0 Å². The van der Waals surface area contributed by atoms with E-state index in [-0.39, 0.29) is 10.8 Å². The standard InChI is InChI=1S/C21H27ClN4O3S/c1-24(2)20-9-7-15(13-18(20)22)23-21(27)17-14-16(30(28,29)25(3)4)8-10-19(17)26-11-5-6-12-26/h7-10,13-14H,5-6,11-12H2,1-4H3,(H,23,27). The number of amides is 1. The van der Waals surface area contributed by atoms with Crippen LogP contribution in [0.1, 0.15) is 23.2 Å². The number of hydrogen-bond donors (Lipinski definition) is 1. The number of hydrogen-bond acceptors (Lipinski definition) is 5. The molecular weight excluding hydrogens is 424 g/mol. The maximum absolute atomic E-state index is 13.2. The van der Waals surface area contributed by atoms with Gasteiger partial charge in [-0.15, -0.1) is 0 Å². The molecule has 0 bridgehead atoms. The molecule has 162 valence electrons. The minimum absolute atomic E-state index is 0.0848. The summed E-state index contributed by atoms with van der Waals surface area (Å²) >= 11 is 6.32. The molecule has 0 aliphatic carbocycles. The Hall–Kier alpha value is -2.29. The summed E-state index contributed by atoms with van der Waals surface area (Å²) in [7, 11) is 3.06. The highest BCUT2D eigenvalue weighted by atomic mass is 35.5. The lowest BCUT2D eigenvalue weighted by molar-refractivity contribution is 0.102. The van der Waals surface area contributed by atoms with Gasteiger partial charge in [0.05, 0.1) is 21.2 Å². The molecule has 0 atom stereocenters. The molecule has 9 heteroatoms. The van der Waals surface area contributed by atoms with Crippen molar-refractivity contribution in [3.8, 4) is 0 Å². The lowest BCUT2D eigenvalue weighted by Crippen LogP contribution is -2.25. The van der Waals surface area contributed by atoms with Gasteiger partial charge in [-0.2, -0.15) is 0 Å². The first-order valence-electron chi connectivity index (χ1n) is 9.71. The van der Waals surface area contributed by atoms with Gasteiger partial charge in [-0.05, 0) is 49.2 Å². The first-order chi connectivity index (χ1) is 14.1. The van der Waals surface area contributed by atoms with Crippen LogP contribution in [0.4, 0.5) is 17.1 Å². The van der Waals surface area contributed by atoms with Gasteiger partial charge in [-0.1, -0.05) is 11.6 Å². The molecule has 1 amide bonds. The molecule has 1 aliphatic rings. The van der Waals surface area contributed by atoms with Crippen LogP contribution in [0.2, 0.25) is 5.02 Å². The van der Waals surface area contributed by atoms with Crippen LogP contribution in [0.15, 0.2) is 41.3 Å². The Morgan fingerprint density at radius 2 is 1.70 bits per heavy atom. The van der Waals surface area contributed by atoms with E-state index in [9.17, 15) is 13.2 Å². The molecule has 0 aromatic heterocycles. The third kappa shape index (κ3) is 4.55. The van der Waals surface area contributed by atoms with Crippen molar-refractivity contribution < 1.29 is 13.2 Å². The Bertz CT molecular complexity index is 1050. The van der Waals surface area contributed by atoms with Crippen molar-refractivity contribution in [3.63, 3.8) is 0 Å². The molecule has 0 radical (unpaired) electrons. The van der Waals surface area contributed by atoms with Gasteiger partial charge < -0.3 is 15.1 Å². The lowest BCUT2D eigenvalue weighted by atomic mass is 10.1. The Balaban J connectivity index is 1.99. The number of carbonyl (C=O) groups excluding carboxylic acids is 1. The molecule has 2 aromatic carbocycles. The largest absolute Gasteiger partial charge is 0.376 e. The van der Waals surface area contributed by atoms with Crippen LogP contribution in [-0.4, -0.2) is 59.9 Å². The van der Waals surface area contributed by atoms with Crippen LogP contribution >= 0.6 is 11.6 Å². The molecule has 1 aliphatic heterocycles. The SMILES string of the molecule is CN(C)c1ccc(NC(=O)c2cc(S(=O)(=O)N(C)C)ccc2N2CCCC2)cc1Cl. The molecule has 3 rings (SSSR count). The number of rotatable bonds is 6. The van der Waals surface area contributed by atoms with Crippen LogP contribution < -0.4 is 15.1 Å². The quantitative estimate of drug-likeness (QED) is 0.729. The van der Waals surface area contributed by atoms with Gasteiger partial charge in [-0.3, -0.25) is 4.79 Å². The number of nitrogens with zero attached hydrogens (tertiary/aromatic N) is 3. The number of nitrogens with one attached hydrogen (secondary N) is 1. The van der Waals surface area contributed by atoms with Gasteiger partial charge in [0.15, 0.2) is 0 Å². The number of benzene rings is 2. The monoisotopic (exact) mass is 450 g/mol. The second-order valence-electron chi connectivity index (χ2n) is 7.68. The van der Waals surface area contributed by atoms with Gasteiger partial charge in [0.25, 0.3) is 5.91 Å². The molecule has 1 fully saturated rings.